The lowest BCUT2D eigenvalue weighted by Gasteiger charge is -2.42. The zero-order valence-corrected chi connectivity index (χ0v) is 19.1. The van der Waals surface area contributed by atoms with E-state index >= 15 is 0 Å². The van der Waals surface area contributed by atoms with E-state index in [2.05, 4.69) is 42.3 Å². The van der Waals surface area contributed by atoms with Gasteiger partial charge in [-0.25, -0.2) is 4.79 Å². The summed E-state index contributed by atoms with van der Waals surface area (Å²) in [4.78, 5) is 15.5. The van der Waals surface area contributed by atoms with Crippen molar-refractivity contribution in [1.82, 2.24) is 0 Å². The molecule has 0 spiro atoms. The molecule has 0 saturated heterocycles. The highest BCUT2D eigenvalue weighted by atomic mass is 16.5. The molecule has 0 bridgehead atoms. The SMILES string of the molecule is COc1ccc(COC[C@@H]2C3=C4C(=CCCC[C@@H]4[C@H]4c5ccccc5N(C)[C@H]42)OC3=O)cc1. The van der Waals surface area contributed by atoms with E-state index in [1.165, 1.54) is 11.3 Å². The third-order valence-electron chi connectivity index (χ3n) is 7.83. The van der Waals surface area contributed by atoms with Crippen LogP contribution in [0.15, 0.2) is 71.5 Å². The highest BCUT2D eigenvalue weighted by Crippen LogP contribution is 2.58. The highest BCUT2D eigenvalue weighted by Gasteiger charge is 2.55. The van der Waals surface area contributed by atoms with Crippen molar-refractivity contribution >= 4 is 11.7 Å². The molecular formula is C28H29NO4. The number of carbonyl (C=O) groups is 1. The van der Waals surface area contributed by atoms with Crippen LogP contribution in [-0.4, -0.2) is 32.8 Å². The van der Waals surface area contributed by atoms with E-state index in [0.29, 0.717) is 25.0 Å². The Morgan fingerprint density at radius 2 is 1.91 bits per heavy atom. The number of anilines is 1. The molecule has 0 fully saturated rings. The summed E-state index contributed by atoms with van der Waals surface area (Å²) in [6, 6.07) is 16.8. The average Bonchev–Trinajstić information content (AvgIpc) is 3.24. The van der Waals surface area contributed by atoms with Crippen LogP contribution in [0.2, 0.25) is 0 Å². The van der Waals surface area contributed by atoms with E-state index in [4.69, 9.17) is 14.2 Å². The van der Waals surface area contributed by atoms with Crippen molar-refractivity contribution in [3.05, 3.63) is 82.6 Å². The fraction of sp³-hybridized carbons (Fsp3) is 0.393. The van der Waals surface area contributed by atoms with Gasteiger partial charge in [-0.15, -0.1) is 0 Å². The largest absolute Gasteiger partial charge is 0.497 e. The number of esters is 1. The molecule has 4 aliphatic rings. The van der Waals surface area contributed by atoms with Gasteiger partial charge in [-0.1, -0.05) is 30.3 Å². The molecule has 6 rings (SSSR count). The second kappa shape index (κ2) is 8.07. The maximum Gasteiger partial charge on any atom is 0.340 e. The predicted octanol–water partition coefficient (Wildman–Crippen LogP) is 4.98. The van der Waals surface area contributed by atoms with Crippen LogP contribution in [0.3, 0.4) is 0 Å². The summed E-state index contributed by atoms with van der Waals surface area (Å²) in [5, 5.41) is 0. The summed E-state index contributed by atoms with van der Waals surface area (Å²) in [5.74, 6) is 2.09. The number of fused-ring (bicyclic) bond motifs is 4. The molecule has 0 unspecified atom stereocenters. The van der Waals surface area contributed by atoms with Crippen LogP contribution in [0.5, 0.6) is 5.75 Å². The van der Waals surface area contributed by atoms with Crippen molar-refractivity contribution in [1.29, 1.82) is 0 Å². The smallest absolute Gasteiger partial charge is 0.340 e. The van der Waals surface area contributed by atoms with Crippen molar-refractivity contribution in [2.24, 2.45) is 11.8 Å². The Morgan fingerprint density at radius 1 is 1.09 bits per heavy atom. The lowest BCUT2D eigenvalue weighted by Crippen LogP contribution is -2.47. The fourth-order valence-corrected chi connectivity index (χ4v) is 6.44. The summed E-state index contributed by atoms with van der Waals surface area (Å²) in [6.45, 7) is 0.984. The van der Waals surface area contributed by atoms with Gasteiger partial charge in [0.05, 0.1) is 25.9 Å². The van der Waals surface area contributed by atoms with Crippen molar-refractivity contribution in [2.45, 2.75) is 37.8 Å². The number of hydrogen-bond donors (Lipinski definition) is 0. The molecule has 0 aromatic heterocycles. The molecule has 2 aliphatic carbocycles. The first-order chi connectivity index (χ1) is 16.2. The topological polar surface area (TPSA) is 48.0 Å². The number of carbonyl (C=O) groups excluding carboxylic acids is 1. The van der Waals surface area contributed by atoms with Crippen LogP contribution in [-0.2, 0) is 20.9 Å². The minimum absolute atomic E-state index is 0.0339. The summed E-state index contributed by atoms with van der Waals surface area (Å²) in [5.41, 5.74) is 5.76. The molecule has 170 valence electrons. The second-order valence-electron chi connectivity index (χ2n) is 9.48. The van der Waals surface area contributed by atoms with Crippen LogP contribution >= 0.6 is 0 Å². The number of likely N-dealkylation sites (N-methyl/N-ethyl adjacent to an activating group) is 1. The van der Waals surface area contributed by atoms with Gasteiger partial charge in [-0.3, -0.25) is 0 Å². The highest BCUT2D eigenvalue weighted by molar-refractivity contribution is 5.96. The molecule has 4 atom stereocenters. The van der Waals surface area contributed by atoms with Crippen LogP contribution < -0.4 is 9.64 Å². The first-order valence-corrected chi connectivity index (χ1v) is 11.9. The molecule has 0 saturated carbocycles. The molecule has 2 aromatic rings. The minimum atomic E-state index is -0.177. The van der Waals surface area contributed by atoms with Gasteiger partial charge in [0.1, 0.15) is 11.5 Å². The molecular weight excluding hydrogens is 414 g/mol. The van der Waals surface area contributed by atoms with Gasteiger partial charge in [-0.2, -0.15) is 0 Å². The van der Waals surface area contributed by atoms with Gasteiger partial charge < -0.3 is 19.1 Å². The summed E-state index contributed by atoms with van der Waals surface area (Å²) in [6.07, 6.45) is 5.29. The van der Waals surface area contributed by atoms with Crippen LogP contribution in [0.25, 0.3) is 0 Å². The van der Waals surface area contributed by atoms with E-state index in [1.54, 1.807) is 7.11 Å². The second-order valence-corrected chi connectivity index (χ2v) is 9.48. The van der Waals surface area contributed by atoms with Gasteiger partial charge in [0.15, 0.2) is 0 Å². The number of benzene rings is 2. The van der Waals surface area contributed by atoms with Crippen LogP contribution in [0.4, 0.5) is 5.69 Å². The minimum Gasteiger partial charge on any atom is -0.497 e. The molecule has 33 heavy (non-hydrogen) atoms. The maximum absolute atomic E-state index is 13.1. The van der Waals surface area contributed by atoms with Crippen molar-refractivity contribution in [3.63, 3.8) is 0 Å². The number of hydrogen-bond acceptors (Lipinski definition) is 5. The summed E-state index contributed by atoms with van der Waals surface area (Å²) < 4.78 is 17.4. The predicted molar refractivity (Wildman–Crippen MR) is 126 cm³/mol. The number of para-hydroxylation sites is 1. The van der Waals surface area contributed by atoms with E-state index in [0.717, 1.165) is 47.5 Å². The van der Waals surface area contributed by atoms with E-state index in [1.807, 2.05) is 24.3 Å². The molecule has 2 heterocycles. The van der Waals surface area contributed by atoms with Crippen molar-refractivity contribution in [3.8, 4) is 5.75 Å². The van der Waals surface area contributed by atoms with Gasteiger partial charge in [0.2, 0.25) is 0 Å². The number of allylic oxidation sites excluding steroid dienone is 2. The lowest BCUT2D eigenvalue weighted by molar-refractivity contribution is -0.134. The molecule has 5 nitrogen and oxygen atoms in total. The summed E-state index contributed by atoms with van der Waals surface area (Å²) in [7, 11) is 3.83. The monoisotopic (exact) mass is 443 g/mol. The third kappa shape index (κ3) is 3.21. The van der Waals surface area contributed by atoms with Gasteiger partial charge in [0.25, 0.3) is 0 Å². The Balaban J connectivity index is 1.36. The van der Waals surface area contributed by atoms with Crippen LogP contribution in [0.1, 0.15) is 36.3 Å². The fourth-order valence-electron chi connectivity index (χ4n) is 6.44. The third-order valence-corrected chi connectivity index (χ3v) is 7.83. The van der Waals surface area contributed by atoms with Crippen molar-refractivity contribution < 1.29 is 19.0 Å². The number of methoxy groups -OCH3 is 1. The molecule has 0 radical (unpaired) electrons. The zero-order chi connectivity index (χ0) is 22.5. The number of ether oxygens (including phenoxy) is 3. The van der Waals surface area contributed by atoms with Gasteiger partial charge in [-0.05, 0) is 60.6 Å². The molecule has 5 heteroatoms. The molecule has 0 N–H and O–H groups in total. The Bertz CT molecular complexity index is 1150. The normalized spacial score (nSPS) is 27.4. The average molecular weight is 444 g/mol. The Hall–Kier alpha value is -3.05. The van der Waals surface area contributed by atoms with E-state index < -0.39 is 0 Å². The lowest BCUT2D eigenvalue weighted by atomic mass is 9.65. The first kappa shape index (κ1) is 20.5. The van der Waals surface area contributed by atoms with Crippen LogP contribution in [0, 0.1) is 11.8 Å². The van der Waals surface area contributed by atoms with E-state index in [-0.39, 0.29) is 17.9 Å². The first-order valence-electron chi connectivity index (χ1n) is 11.9. The Labute approximate surface area is 194 Å². The molecule has 0 amide bonds. The van der Waals surface area contributed by atoms with Crippen molar-refractivity contribution in [2.75, 3.05) is 25.7 Å². The summed E-state index contributed by atoms with van der Waals surface area (Å²) >= 11 is 0. The van der Waals surface area contributed by atoms with Gasteiger partial charge in [0, 0.05) is 36.2 Å². The number of rotatable bonds is 5. The quantitative estimate of drug-likeness (QED) is 0.610. The Kier molecular flexibility index (Phi) is 5.02. The maximum atomic E-state index is 13.1. The molecule has 2 aliphatic heterocycles. The van der Waals surface area contributed by atoms with Gasteiger partial charge >= 0.3 is 5.97 Å². The van der Waals surface area contributed by atoms with E-state index in [9.17, 15) is 4.79 Å². The standard InChI is InChI=1S/C28H29NO4/c1-29-22-9-5-3-7-19(22)24-20-8-4-6-10-23-25(20)26(28(30)33-23)21(27(24)29)16-32-15-17-11-13-18(31-2)14-12-17/h3,5,7,9-14,20-21,24,27H,4,6,8,15-16H2,1-2H3/t20-,21-,24-,27+/m1/s1. The number of nitrogens with zero attached hydrogens (tertiary/aromatic N) is 1. The molecule has 2 aromatic carbocycles. The Morgan fingerprint density at radius 3 is 2.73 bits per heavy atom. The zero-order valence-electron chi connectivity index (χ0n) is 19.1.